The summed E-state index contributed by atoms with van der Waals surface area (Å²) in [6.07, 6.45) is 5.07. The highest BCUT2D eigenvalue weighted by molar-refractivity contribution is 8.13. The number of carboxylic acids is 1. The number of nitrogens with one attached hydrogen (secondary N) is 2. The molecule has 0 aromatic carbocycles. The van der Waals surface area contributed by atoms with Gasteiger partial charge in [0.05, 0.1) is 11.3 Å². The highest BCUT2D eigenvalue weighted by Crippen LogP contribution is 2.38. The van der Waals surface area contributed by atoms with Gasteiger partial charge >= 0.3 is 5.97 Å². The van der Waals surface area contributed by atoms with E-state index in [0.29, 0.717) is 12.5 Å². The van der Waals surface area contributed by atoms with Crippen LogP contribution in [0.25, 0.3) is 0 Å². The topological polar surface area (TPSA) is 95.5 Å². The molecule has 6 nitrogen and oxygen atoms in total. The van der Waals surface area contributed by atoms with Crippen molar-refractivity contribution in [2.75, 3.05) is 6.54 Å². The molecular formula is C16H27FN2O4S2. The van der Waals surface area contributed by atoms with Crippen LogP contribution in [0.4, 0.5) is 4.39 Å². The lowest BCUT2D eigenvalue weighted by Gasteiger charge is -2.31. The van der Waals surface area contributed by atoms with Gasteiger partial charge < -0.3 is 10.4 Å². The van der Waals surface area contributed by atoms with Crippen molar-refractivity contribution in [1.29, 1.82) is 0 Å². The van der Waals surface area contributed by atoms with Crippen molar-refractivity contribution in [3.05, 3.63) is 0 Å². The molecule has 1 aliphatic heterocycles. The Hall–Kier alpha value is -0.380. The van der Waals surface area contributed by atoms with Gasteiger partial charge in [-0.25, -0.2) is 17.5 Å². The molecule has 25 heavy (non-hydrogen) atoms. The van der Waals surface area contributed by atoms with Crippen LogP contribution in [0.2, 0.25) is 0 Å². The van der Waals surface area contributed by atoms with Crippen molar-refractivity contribution in [3.8, 4) is 0 Å². The second-order valence-corrected chi connectivity index (χ2v) is 11.0. The van der Waals surface area contributed by atoms with Gasteiger partial charge in [-0.15, -0.1) is 11.8 Å². The first-order valence-electron chi connectivity index (χ1n) is 9.13. The van der Waals surface area contributed by atoms with Crippen molar-refractivity contribution < 1.29 is 22.7 Å². The third kappa shape index (κ3) is 4.67. The minimum atomic E-state index is -3.65. The number of thioether (sulfide) groups is 1. The molecule has 0 spiro atoms. The van der Waals surface area contributed by atoms with Crippen LogP contribution in [-0.4, -0.2) is 48.2 Å². The highest BCUT2D eigenvalue weighted by atomic mass is 32.3. The lowest BCUT2D eigenvalue weighted by Crippen LogP contribution is -2.49. The quantitative estimate of drug-likeness (QED) is 0.661. The molecule has 1 saturated heterocycles. The summed E-state index contributed by atoms with van der Waals surface area (Å²) < 4.78 is 40.9. The van der Waals surface area contributed by atoms with Crippen LogP contribution in [0.15, 0.2) is 0 Å². The minimum Gasteiger partial charge on any atom is -0.481 e. The minimum absolute atomic E-state index is 0.122. The Morgan fingerprint density at radius 3 is 2.56 bits per heavy atom. The maximum atomic E-state index is 13.5. The maximum absolute atomic E-state index is 13.5. The van der Waals surface area contributed by atoms with Crippen LogP contribution >= 0.6 is 11.8 Å². The van der Waals surface area contributed by atoms with E-state index in [-0.39, 0.29) is 24.6 Å². The summed E-state index contributed by atoms with van der Waals surface area (Å²) in [7, 11) is -3.65. The van der Waals surface area contributed by atoms with Crippen molar-refractivity contribution in [3.63, 3.8) is 0 Å². The molecule has 0 radical (unpaired) electrons. The number of rotatable bonds is 5. The van der Waals surface area contributed by atoms with E-state index in [0.717, 1.165) is 12.8 Å². The number of alkyl halides is 1. The Balaban J connectivity index is 1.60. The Labute approximate surface area is 152 Å². The molecule has 5 unspecified atom stereocenters. The van der Waals surface area contributed by atoms with E-state index in [1.807, 2.05) is 0 Å². The maximum Gasteiger partial charge on any atom is 0.308 e. The summed E-state index contributed by atoms with van der Waals surface area (Å²) in [5, 5.41) is 12.8. The molecule has 0 amide bonds. The zero-order chi connectivity index (χ0) is 18.0. The number of sulfonamides is 1. The van der Waals surface area contributed by atoms with Crippen molar-refractivity contribution in [1.82, 2.24) is 10.0 Å². The predicted molar refractivity (Wildman–Crippen MR) is 95.5 cm³/mol. The van der Waals surface area contributed by atoms with Gasteiger partial charge in [0.1, 0.15) is 10.8 Å². The first-order chi connectivity index (χ1) is 11.9. The number of aliphatic carboxylic acids is 1. The van der Waals surface area contributed by atoms with Gasteiger partial charge in [-0.3, -0.25) is 4.79 Å². The number of carboxylic acid groups (broad SMARTS) is 1. The monoisotopic (exact) mass is 394 g/mol. The average Bonchev–Trinajstić information content (AvgIpc) is 3.08. The van der Waals surface area contributed by atoms with Crippen LogP contribution < -0.4 is 10.0 Å². The summed E-state index contributed by atoms with van der Waals surface area (Å²) in [5.41, 5.74) is 0. The summed E-state index contributed by atoms with van der Waals surface area (Å²) >= 11 is 1.44. The molecule has 3 rings (SSSR count). The lowest BCUT2D eigenvalue weighted by molar-refractivity contribution is -0.144. The van der Waals surface area contributed by atoms with E-state index in [2.05, 4.69) is 10.0 Å². The largest absolute Gasteiger partial charge is 0.481 e. The SMILES string of the molecule is O=C(O)C1CC(F)CCC1NS(=O)(=O)C1CNC(C2CCCCC2)S1. The first kappa shape index (κ1) is 19.4. The smallest absolute Gasteiger partial charge is 0.308 e. The van der Waals surface area contributed by atoms with Crippen molar-refractivity contribution in [2.45, 2.75) is 73.5 Å². The summed E-state index contributed by atoms with van der Waals surface area (Å²) in [4.78, 5) is 11.4. The van der Waals surface area contributed by atoms with Crippen LogP contribution in [0, 0.1) is 11.8 Å². The molecule has 0 aromatic heterocycles. The van der Waals surface area contributed by atoms with Gasteiger partial charge in [-0.1, -0.05) is 19.3 Å². The number of hydrogen-bond donors (Lipinski definition) is 3. The van der Waals surface area contributed by atoms with Gasteiger partial charge in [-0.2, -0.15) is 0 Å². The third-order valence-corrected chi connectivity index (χ3v) is 9.53. The molecule has 3 N–H and O–H groups in total. The molecule has 9 heteroatoms. The molecule has 1 heterocycles. The van der Waals surface area contributed by atoms with Crippen LogP contribution in [0.5, 0.6) is 0 Å². The number of hydrogen-bond acceptors (Lipinski definition) is 5. The molecular weight excluding hydrogens is 367 g/mol. The fourth-order valence-corrected chi connectivity index (χ4v) is 7.68. The molecule has 2 saturated carbocycles. The second-order valence-electron chi connectivity index (χ2n) is 7.42. The Kier molecular flexibility index (Phi) is 6.28. The second kappa shape index (κ2) is 8.10. The van der Waals surface area contributed by atoms with Crippen molar-refractivity contribution >= 4 is 27.8 Å². The van der Waals surface area contributed by atoms with Gasteiger partial charge in [-0.05, 0) is 38.0 Å². The average molecular weight is 395 g/mol. The van der Waals surface area contributed by atoms with E-state index in [1.54, 1.807) is 0 Å². The normalized spacial score (nSPS) is 37.9. The van der Waals surface area contributed by atoms with E-state index in [1.165, 1.54) is 31.0 Å². The van der Waals surface area contributed by atoms with E-state index in [4.69, 9.17) is 0 Å². The molecule has 3 fully saturated rings. The van der Waals surface area contributed by atoms with E-state index < -0.39 is 38.7 Å². The Morgan fingerprint density at radius 1 is 1.16 bits per heavy atom. The van der Waals surface area contributed by atoms with Crippen LogP contribution in [0.1, 0.15) is 51.4 Å². The number of carbonyl (C=O) groups is 1. The van der Waals surface area contributed by atoms with Crippen LogP contribution in [0.3, 0.4) is 0 Å². The molecule has 2 aliphatic carbocycles. The fraction of sp³-hybridized carbons (Fsp3) is 0.938. The standard InChI is InChI=1S/C16H27FN2O4S2/c17-11-6-7-13(12(8-11)16(20)21)19-25(22,23)14-9-18-15(24-14)10-4-2-1-3-5-10/h10-15,18-19H,1-9H2,(H,20,21). The van der Waals surface area contributed by atoms with Gasteiger partial charge in [0.2, 0.25) is 10.0 Å². The molecule has 144 valence electrons. The summed E-state index contributed by atoms with van der Waals surface area (Å²) in [5.74, 6) is -1.62. The highest BCUT2D eigenvalue weighted by Gasteiger charge is 2.42. The molecule has 3 aliphatic rings. The summed E-state index contributed by atoms with van der Waals surface area (Å²) in [6.45, 7) is 0.372. The van der Waals surface area contributed by atoms with Gasteiger partial charge in [0.15, 0.2) is 0 Å². The molecule has 5 atom stereocenters. The molecule has 0 bridgehead atoms. The van der Waals surface area contributed by atoms with Crippen LogP contribution in [-0.2, 0) is 14.8 Å². The zero-order valence-electron chi connectivity index (χ0n) is 14.2. The predicted octanol–water partition coefficient (Wildman–Crippen LogP) is 2.07. The van der Waals surface area contributed by atoms with Crippen molar-refractivity contribution in [2.24, 2.45) is 11.8 Å². The number of halogens is 1. The summed E-state index contributed by atoms with van der Waals surface area (Å²) in [6, 6.07) is -0.719. The third-order valence-electron chi connectivity index (χ3n) is 5.63. The lowest BCUT2D eigenvalue weighted by atomic mass is 9.84. The first-order valence-corrected chi connectivity index (χ1v) is 11.6. The fourth-order valence-electron chi connectivity index (χ4n) is 4.19. The van der Waals surface area contributed by atoms with Gasteiger partial charge in [0, 0.05) is 12.6 Å². The van der Waals surface area contributed by atoms with E-state index in [9.17, 15) is 22.7 Å². The Bertz CT molecular complexity index is 583. The van der Waals surface area contributed by atoms with E-state index >= 15 is 0 Å². The zero-order valence-corrected chi connectivity index (χ0v) is 15.8. The Morgan fingerprint density at radius 2 is 1.88 bits per heavy atom. The molecule has 0 aromatic rings. The van der Waals surface area contributed by atoms with Gasteiger partial charge in [0.25, 0.3) is 0 Å².